The highest BCUT2D eigenvalue weighted by Gasteiger charge is 2.26. The van der Waals surface area contributed by atoms with Gasteiger partial charge in [-0.3, -0.25) is 4.79 Å². The minimum Gasteiger partial charge on any atom is -0.497 e. The number of rotatable bonds is 7. The molecule has 0 spiro atoms. The summed E-state index contributed by atoms with van der Waals surface area (Å²) < 4.78 is 37.8. The van der Waals surface area contributed by atoms with E-state index in [1.54, 1.807) is 37.4 Å². The lowest BCUT2D eigenvalue weighted by Gasteiger charge is -2.26. The maximum Gasteiger partial charge on any atom is 0.243 e. The SMILES string of the molecule is COc1cccc(NC(=O)CSc2cc(C)c3cc(S(=O)(=O)N4CCOCC4)ccc3n2)c1. The van der Waals surface area contributed by atoms with E-state index in [2.05, 4.69) is 10.3 Å². The zero-order chi connectivity index (χ0) is 23.4. The van der Waals surface area contributed by atoms with Crippen LogP contribution < -0.4 is 10.1 Å². The first-order valence-corrected chi connectivity index (χ1v) is 12.9. The Labute approximate surface area is 197 Å². The summed E-state index contributed by atoms with van der Waals surface area (Å²) >= 11 is 1.32. The van der Waals surface area contributed by atoms with Gasteiger partial charge in [0.05, 0.1) is 41.5 Å². The van der Waals surface area contributed by atoms with Crippen molar-refractivity contribution in [2.45, 2.75) is 16.8 Å². The van der Waals surface area contributed by atoms with Gasteiger partial charge in [-0.2, -0.15) is 4.31 Å². The number of nitrogens with zero attached hydrogens (tertiary/aromatic N) is 2. The number of carbonyl (C=O) groups excluding carboxylic acids is 1. The summed E-state index contributed by atoms with van der Waals surface area (Å²) in [5.41, 5.74) is 2.25. The molecule has 10 heteroatoms. The third-order valence-electron chi connectivity index (χ3n) is 5.28. The van der Waals surface area contributed by atoms with Crippen molar-refractivity contribution >= 4 is 44.3 Å². The second kappa shape index (κ2) is 10.1. The van der Waals surface area contributed by atoms with E-state index in [4.69, 9.17) is 9.47 Å². The third kappa shape index (κ3) is 5.47. The van der Waals surface area contributed by atoms with E-state index in [1.165, 1.54) is 16.1 Å². The highest BCUT2D eigenvalue weighted by molar-refractivity contribution is 7.99. The second-order valence-corrected chi connectivity index (χ2v) is 10.5. The molecule has 0 bridgehead atoms. The van der Waals surface area contributed by atoms with E-state index in [0.29, 0.717) is 48.3 Å². The number of aryl methyl sites for hydroxylation is 1. The Bertz CT molecular complexity index is 1270. The van der Waals surface area contributed by atoms with Crippen molar-refractivity contribution in [3.63, 3.8) is 0 Å². The van der Waals surface area contributed by atoms with Crippen LogP contribution in [0.2, 0.25) is 0 Å². The first-order valence-electron chi connectivity index (χ1n) is 10.4. The Morgan fingerprint density at radius 3 is 2.73 bits per heavy atom. The molecular formula is C23H25N3O5S2. The van der Waals surface area contributed by atoms with Gasteiger partial charge in [0.25, 0.3) is 0 Å². The molecule has 1 aromatic heterocycles. The molecule has 8 nitrogen and oxygen atoms in total. The van der Waals surface area contributed by atoms with Gasteiger partial charge in [0.15, 0.2) is 0 Å². The molecule has 1 amide bonds. The Morgan fingerprint density at radius 2 is 1.97 bits per heavy atom. The normalized spacial score (nSPS) is 14.8. The minimum atomic E-state index is -3.58. The average molecular weight is 488 g/mol. The summed E-state index contributed by atoms with van der Waals surface area (Å²) in [4.78, 5) is 17.2. The largest absolute Gasteiger partial charge is 0.497 e. The minimum absolute atomic E-state index is 0.153. The number of hydrogen-bond donors (Lipinski definition) is 1. The summed E-state index contributed by atoms with van der Waals surface area (Å²) in [5.74, 6) is 0.709. The predicted molar refractivity (Wildman–Crippen MR) is 128 cm³/mol. The van der Waals surface area contributed by atoms with Crippen LogP contribution in [-0.4, -0.2) is 62.8 Å². The topological polar surface area (TPSA) is 97.8 Å². The van der Waals surface area contributed by atoms with Crippen LogP contribution in [0.3, 0.4) is 0 Å². The van der Waals surface area contributed by atoms with E-state index in [1.807, 2.05) is 25.1 Å². The average Bonchev–Trinajstić information content (AvgIpc) is 2.83. The summed E-state index contributed by atoms with van der Waals surface area (Å²) in [6.45, 7) is 3.42. The molecule has 0 unspecified atom stereocenters. The fourth-order valence-corrected chi connectivity index (χ4v) is 5.76. The molecule has 0 radical (unpaired) electrons. The van der Waals surface area contributed by atoms with Crippen molar-refractivity contribution in [3.05, 3.63) is 54.1 Å². The lowest BCUT2D eigenvalue weighted by Crippen LogP contribution is -2.40. The molecule has 0 aliphatic carbocycles. The van der Waals surface area contributed by atoms with Crippen molar-refractivity contribution in [3.8, 4) is 5.75 Å². The quantitative estimate of drug-likeness (QED) is 0.511. The molecule has 174 valence electrons. The van der Waals surface area contributed by atoms with Crippen molar-refractivity contribution in [2.75, 3.05) is 44.5 Å². The maximum absolute atomic E-state index is 13.0. The van der Waals surface area contributed by atoms with Gasteiger partial charge in [0.1, 0.15) is 5.75 Å². The number of amides is 1. The summed E-state index contributed by atoms with van der Waals surface area (Å²) in [5, 5.41) is 4.32. The molecule has 0 atom stereocenters. The highest BCUT2D eigenvalue weighted by atomic mass is 32.2. The van der Waals surface area contributed by atoms with Gasteiger partial charge >= 0.3 is 0 Å². The number of hydrogen-bond acceptors (Lipinski definition) is 7. The number of nitrogens with one attached hydrogen (secondary N) is 1. The van der Waals surface area contributed by atoms with Crippen LogP contribution in [0.5, 0.6) is 5.75 Å². The Morgan fingerprint density at radius 1 is 1.18 bits per heavy atom. The number of benzene rings is 2. The zero-order valence-electron chi connectivity index (χ0n) is 18.4. The van der Waals surface area contributed by atoms with Crippen LogP contribution in [0.25, 0.3) is 10.9 Å². The number of morpholine rings is 1. The van der Waals surface area contributed by atoms with Gasteiger partial charge in [-0.05, 0) is 48.9 Å². The van der Waals surface area contributed by atoms with Crippen LogP contribution in [0.15, 0.2) is 58.5 Å². The molecular weight excluding hydrogens is 462 g/mol. The first kappa shape index (κ1) is 23.5. The third-order valence-corrected chi connectivity index (χ3v) is 8.08. The molecule has 4 rings (SSSR count). The van der Waals surface area contributed by atoms with Gasteiger partial charge in [0, 0.05) is 30.2 Å². The number of carbonyl (C=O) groups is 1. The molecule has 2 heterocycles. The van der Waals surface area contributed by atoms with Gasteiger partial charge in [-0.25, -0.2) is 13.4 Å². The lowest BCUT2D eigenvalue weighted by atomic mass is 10.1. The van der Waals surface area contributed by atoms with E-state index >= 15 is 0 Å². The molecule has 1 aliphatic rings. The first-order chi connectivity index (χ1) is 15.9. The number of thioether (sulfide) groups is 1. The van der Waals surface area contributed by atoms with Crippen molar-refractivity contribution in [1.82, 2.24) is 9.29 Å². The molecule has 1 fully saturated rings. The van der Waals surface area contributed by atoms with Gasteiger partial charge in [-0.15, -0.1) is 0 Å². The van der Waals surface area contributed by atoms with Crippen molar-refractivity contribution < 1.29 is 22.7 Å². The molecule has 3 aromatic rings. The van der Waals surface area contributed by atoms with Gasteiger partial charge in [0.2, 0.25) is 15.9 Å². The van der Waals surface area contributed by atoms with Gasteiger partial charge in [-0.1, -0.05) is 17.8 Å². The van der Waals surface area contributed by atoms with Crippen LogP contribution in [0.4, 0.5) is 5.69 Å². The monoisotopic (exact) mass is 487 g/mol. The number of fused-ring (bicyclic) bond motifs is 1. The van der Waals surface area contributed by atoms with Crippen LogP contribution in [0.1, 0.15) is 5.56 Å². The molecule has 1 aliphatic heterocycles. The molecule has 1 saturated heterocycles. The summed E-state index contributed by atoms with van der Waals surface area (Å²) in [6, 6.07) is 14.0. The standard InChI is InChI=1S/C23H25N3O5S2/c1-16-12-23(32-15-22(27)24-17-4-3-5-18(13-17)30-2)25-21-7-6-19(14-20(16)21)33(28,29)26-8-10-31-11-9-26/h3-7,12-14H,8-11,15H2,1-2H3,(H,24,27). The zero-order valence-corrected chi connectivity index (χ0v) is 20.0. The van der Waals surface area contributed by atoms with Gasteiger partial charge < -0.3 is 14.8 Å². The number of anilines is 1. The number of sulfonamides is 1. The van der Waals surface area contributed by atoms with Crippen molar-refractivity contribution in [2.24, 2.45) is 0 Å². The molecule has 33 heavy (non-hydrogen) atoms. The second-order valence-electron chi connectivity index (χ2n) is 7.54. The lowest BCUT2D eigenvalue weighted by molar-refractivity contribution is -0.113. The summed E-state index contributed by atoms with van der Waals surface area (Å²) in [6.07, 6.45) is 0. The van der Waals surface area contributed by atoms with E-state index in [0.717, 1.165) is 10.9 Å². The molecule has 2 aromatic carbocycles. The number of aromatic nitrogens is 1. The fraction of sp³-hybridized carbons (Fsp3) is 0.304. The Balaban J connectivity index is 1.47. The Kier molecular flexibility index (Phi) is 7.18. The number of methoxy groups -OCH3 is 1. The number of pyridine rings is 1. The van der Waals surface area contributed by atoms with Crippen LogP contribution in [0, 0.1) is 6.92 Å². The predicted octanol–water partition coefficient (Wildman–Crippen LogP) is 3.30. The highest BCUT2D eigenvalue weighted by Crippen LogP contribution is 2.27. The van der Waals surface area contributed by atoms with Crippen molar-refractivity contribution in [1.29, 1.82) is 0 Å². The smallest absolute Gasteiger partial charge is 0.243 e. The summed E-state index contributed by atoms with van der Waals surface area (Å²) in [7, 11) is -2.00. The molecule has 0 saturated carbocycles. The van der Waals surface area contributed by atoms with E-state index in [9.17, 15) is 13.2 Å². The van der Waals surface area contributed by atoms with E-state index in [-0.39, 0.29) is 16.6 Å². The molecule has 1 N–H and O–H groups in total. The van der Waals surface area contributed by atoms with Crippen LogP contribution >= 0.6 is 11.8 Å². The number of ether oxygens (including phenoxy) is 2. The van der Waals surface area contributed by atoms with Crippen LogP contribution in [-0.2, 0) is 19.6 Å². The maximum atomic E-state index is 13.0. The van der Waals surface area contributed by atoms with E-state index < -0.39 is 10.0 Å². The Hall–Kier alpha value is -2.66. The fourth-order valence-electron chi connectivity index (χ4n) is 3.55.